The van der Waals surface area contributed by atoms with Gasteiger partial charge < -0.3 is 4.74 Å². The van der Waals surface area contributed by atoms with Gasteiger partial charge >= 0.3 is 0 Å². The lowest BCUT2D eigenvalue weighted by molar-refractivity contribution is 0.415. The monoisotopic (exact) mass is 309 g/mol. The summed E-state index contributed by atoms with van der Waals surface area (Å²) in [7, 11) is 1.65. The van der Waals surface area contributed by atoms with E-state index in [9.17, 15) is 0 Å². The molecule has 1 aromatic carbocycles. The Morgan fingerprint density at radius 3 is 2.64 bits per heavy atom. The Morgan fingerprint density at radius 1 is 1.05 bits per heavy atom. The summed E-state index contributed by atoms with van der Waals surface area (Å²) in [6.45, 7) is 0. The molecule has 0 aliphatic rings. The van der Waals surface area contributed by atoms with Crippen LogP contribution in [0.1, 0.15) is 0 Å². The zero-order chi connectivity index (χ0) is 14.9. The van der Waals surface area contributed by atoms with Gasteiger partial charge in [-0.25, -0.2) is 0 Å². The van der Waals surface area contributed by atoms with Crippen molar-refractivity contribution in [1.82, 2.24) is 24.8 Å². The molecule has 0 radical (unpaired) electrons. The molecule has 0 fully saturated rings. The van der Waals surface area contributed by atoms with Gasteiger partial charge in [0.25, 0.3) is 0 Å². The molecule has 0 unspecified atom stereocenters. The van der Waals surface area contributed by atoms with Gasteiger partial charge in [0.1, 0.15) is 10.8 Å². The van der Waals surface area contributed by atoms with Crippen LogP contribution < -0.4 is 4.74 Å². The van der Waals surface area contributed by atoms with Gasteiger partial charge in [0.2, 0.25) is 4.96 Å². The van der Waals surface area contributed by atoms with Crippen LogP contribution in [0.4, 0.5) is 0 Å². The Kier molecular flexibility index (Phi) is 3.05. The maximum atomic E-state index is 5.17. The van der Waals surface area contributed by atoms with Gasteiger partial charge in [-0.15, -0.1) is 10.2 Å². The van der Waals surface area contributed by atoms with Crippen molar-refractivity contribution in [3.8, 4) is 27.7 Å². The average molecular weight is 309 g/mol. The molecule has 7 heteroatoms. The lowest BCUT2D eigenvalue weighted by Gasteiger charge is -1.99. The molecule has 0 bridgehead atoms. The second-order valence-corrected chi connectivity index (χ2v) is 5.55. The molecule has 4 rings (SSSR count). The number of benzene rings is 1. The van der Waals surface area contributed by atoms with Crippen LogP contribution in [-0.2, 0) is 0 Å². The van der Waals surface area contributed by atoms with Crippen LogP contribution in [0.3, 0.4) is 0 Å². The highest BCUT2D eigenvalue weighted by Crippen LogP contribution is 2.28. The topological polar surface area (TPSA) is 65.2 Å². The standard InChI is InChI=1S/C15H11N5OS/c1-21-12-6-4-10(5-7-12)14-19-20-13(17-18-15(20)22-14)11-3-2-8-16-9-11/h2-9H,1H3. The third-order valence-electron chi connectivity index (χ3n) is 3.25. The third-order valence-corrected chi connectivity index (χ3v) is 4.20. The van der Waals surface area contributed by atoms with Gasteiger partial charge in [-0.1, -0.05) is 11.3 Å². The highest BCUT2D eigenvalue weighted by atomic mass is 32.1. The van der Waals surface area contributed by atoms with Gasteiger partial charge in [0, 0.05) is 23.5 Å². The van der Waals surface area contributed by atoms with Crippen LogP contribution in [-0.4, -0.2) is 31.9 Å². The van der Waals surface area contributed by atoms with E-state index in [-0.39, 0.29) is 0 Å². The van der Waals surface area contributed by atoms with Crippen molar-refractivity contribution < 1.29 is 4.74 Å². The summed E-state index contributed by atoms with van der Waals surface area (Å²) in [5.74, 6) is 1.52. The largest absolute Gasteiger partial charge is 0.497 e. The van der Waals surface area contributed by atoms with Crippen LogP contribution in [0.15, 0.2) is 48.8 Å². The lowest BCUT2D eigenvalue weighted by Crippen LogP contribution is -1.91. The molecule has 0 saturated carbocycles. The van der Waals surface area contributed by atoms with Gasteiger partial charge in [0.05, 0.1) is 7.11 Å². The number of aromatic nitrogens is 5. The smallest absolute Gasteiger partial charge is 0.235 e. The number of rotatable bonds is 3. The minimum absolute atomic E-state index is 0.694. The Morgan fingerprint density at radius 2 is 1.91 bits per heavy atom. The van der Waals surface area contributed by atoms with Crippen molar-refractivity contribution in [3.05, 3.63) is 48.8 Å². The molecule has 0 saturated heterocycles. The average Bonchev–Trinajstić information content (AvgIpc) is 3.16. The number of fused-ring (bicyclic) bond motifs is 1. The SMILES string of the molecule is COc1ccc(-c2nn3c(-c4cccnc4)nnc3s2)cc1. The first-order chi connectivity index (χ1) is 10.8. The minimum Gasteiger partial charge on any atom is -0.497 e. The fourth-order valence-electron chi connectivity index (χ4n) is 2.14. The van der Waals surface area contributed by atoms with Crippen molar-refractivity contribution in [2.24, 2.45) is 0 Å². The zero-order valence-corrected chi connectivity index (χ0v) is 12.5. The molecule has 0 atom stereocenters. The normalized spacial score (nSPS) is 11.0. The van der Waals surface area contributed by atoms with Crippen molar-refractivity contribution in [2.45, 2.75) is 0 Å². The second-order valence-electron chi connectivity index (χ2n) is 4.60. The molecule has 0 aliphatic carbocycles. The molecule has 108 valence electrons. The summed E-state index contributed by atoms with van der Waals surface area (Å²) in [4.78, 5) is 4.87. The first kappa shape index (κ1) is 12.9. The number of nitrogens with zero attached hydrogens (tertiary/aromatic N) is 5. The first-order valence-electron chi connectivity index (χ1n) is 6.62. The van der Waals surface area contributed by atoms with Gasteiger partial charge in [-0.05, 0) is 36.4 Å². The van der Waals surface area contributed by atoms with Crippen molar-refractivity contribution in [3.63, 3.8) is 0 Å². The number of ether oxygens (including phenoxy) is 1. The molecule has 3 aromatic heterocycles. The van der Waals surface area contributed by atoms with E-state index >= 15 is 0 Å². The lowest BCUT2D eigenvalue weighted by atomic mass is 10.2. The fourth-order valence-corrected chi connectivity index (χ4v) is 2.99. The Hall–Kier alpha value is -2.80. The fraction of sp³-hybridized carbons (Fsp3) is 0.0667. The number of pyridine rings is 1. The minimum atomic E-state index is 0.694. The van der Waals surface area contributed by atoms with Crippen molar-refractivity contribution in [1.29, 1.82) is 0 Å². The van der Waals surface area contributed by atoms with Crippen molar-refractivity contribution in [2.75, 3.05) is 7.11 Å². The Labute approximate surface area is 130 Å². The Balaban J connectivity index is 1.79. The molecular formula is C15H11N5OS. The summed E-state index contributed by atoms with van der Waals surface area (Å²) < 4.78 is 6.93. The highest BCUT2D eigenvalue weighted by Gasteiger charge is 2.14. The molecule has 22 heavy (non-hydrogen) atoms. The molecule has 6 nitrogen and oxygen atoms in total. The Bertz CT molecular complexity index is 914. The molecule has 0 N–H and O–H groups in total. The number of hydrogen-bond donors (Lipinski definition) is 0. The van der Waals surface area contributed by atoms with Crippen LogP contribution in [0.2, 0.25) is 0 Å². The predicted octanol–water partition coefficient (Wildman–Crippen LogP) is 2.92. The van der Waals surface area contributed by atoms with E-state index < -0.39 is 0 Å². The first-order valence-corrected chi connectivity index (χ1v) is 7.44. The summed E-state index contributed by atoms with van der Waals surface area (Å²) in [5, 5.41) is 13.9. The molecule has 3 heterocycles. The molecule has 0 aliphatic heterocycles. The quantitative estimate of drug-likeness (QED) is 0.582. The highest BCUT2D eigenvalue weighted by molar-refractivity contribution is 7.19. The third kappa shape index (κ3) is 2.11. The second kappa shape index (κ2) is 5.19. The predicted molar refractivity (Wildman–Crippen MR) is 83.9 cm³/mol. The zero-order valence-electron chi connectivity index (χ0n) is 11.7. The number of hydrogen-bond acceptors (Lipinski definition) is 6. The van der Waals surface area contributed by atoms with E-state index in [2.05, 4.69) is 20.3 Å². The molecule has 4 aromatic rings. The van der Waals surface area contributed by atoms with Gasteiger partial charge in [-0.2, -0.15) is 9.61 Å². The van der Waals surface area contributed by atoms with Crippen molar-refractivity contribution >= 4 is 16.3 Å². The van der Waals surface area contributed by atoms with E-state index in [0.29, 0.717) is 5.82 Å². The summed E-state index contributed by atoms with van der Waals surface area (Å²) >= 11 is 1.50. The van der Waals surface area contributed by atoms with Crippen LogP contribution in [0.5, 0.6) is 5.75 Å². The van der Waals surface area contributed by atoms with E-state index in [0.717, 1.165) is 26.8 Å². The van der Waals surface area contributed by atoms with Crippen LogP contribution in [0.25, 0.3) is 26.9 Å². The summed E-state index contributed by atoms with van der Waals surface area (Å²) in [6.07, 6.45) is 3.48. The summed E-state index contributed by atoms with van der Waals surface area (Å²) in [6, 6.07) is 11.6. The van der Waals surface area contributed by atoms with Crippen LogP contribution in [0, 0.1) is 0 Å². The van der Waals surface area contributed by atoms with Gasteiger partial charge in [0.15, 0.2) is 5.82 Å². The molecule has 0 spiro atoms. The number of methoxy groups -OCH3 is 1. The van der Waals surface area contributed by atoms with E-state index in [1.54, 1.807) is 24.0 Å². The van der Waals surface area contributed by atoms with E-state index in [1.165, 1.54) is 11.3 Å². The van der Waals surface area contributed by atoms with E-state index in [1.807, 2.05) is 36.4 Å². The van der Waals surface area contributed by atoms with Crippen LogP contribution >= 0.6 is 11.3 Å². The maximum absolute atomic E-state index is 5.17. The molecule has 0 amide bonds. The maximum Gasteiger partial charge on any atom is 0.235 e. The van der Waals surface area contributed by atoms with Gasteiger partial charge in [-0.3, -0.25) is 4.98 Å². The summed E-state index contributed by atoms with van der Waals surface area (Å²) in [5.41, 5.74) is 1.91. The molecular weight excluding hydrogens is 298 g/mol. The van der Waals surface area contributed by atoms with E-state index in [4.69, 9.17) is 4.74 Å².